The van der Waals surface area contributed by atoms with Gasteiger partial charge in [-0.05, 0) is 44.1 Å². The summed E-state index contributed by atoms with van der Waals surface area (Å²) in [5, 5.41) is 7.11. The molecule has 0 amide bonds. The minimum Gasteiger partial charge on any atom is -0.495 e. The summed E-state index contributed by atoms with van der Waals surface area (Å²) in [6, 6.07) is 8.63. The molecule has 1 aromatic rings. The highest BCUT2D eigenvalue weighted by Gasteiger charge is 2.33. The van der Waals surface area contributed by atoms with E-state index in [1.807, 2.05) is 23.9 Å². The van der Waals surface area contributed by atoms with Crippen molar-refractivity contribution in [3.8, 4) is 5.75 Å². The Balaban J connectivity index is 0.00000320. The fourth-order valence-electron chi connectivity index (χ4n) is 4.12. The largest absolute Gasteiger partial charge is 0.495 e. The number of ether oxygens (including phenoxy) is 2. The first-order valence-corrected chi connectivity index (χ1v) is 11.8. The number of hydrogen-bond donors (Lipinski definition) is 2. The standard InChI is InChI=1S/C22H36N4O2S.HI/c1-4-23-21(24-17-22(29-5-2)11-14-28-15-12-22)25-18-10-13-26(16-18)19-8-6-7-9-20(19)27-3;/h6-9,18H,4-5,10-17H2,1-3H3,(H2,23,24,25);1H. The molecule has 0 aromatic heterocycles. The summed E-state index contributed by atoms with van der Waals surface area (Å²) >= 11 is 2.04. The van der Waals surface area contributed by atoms with Crippen molar-refractivity contribution in [2.45, 2.75) is 43.9 Å². The molecule has 2 aliphatic heterocycles. The van der Waals surface area contributed by atoms with Crippen LogP contribution in [0.2, 0.25) is 0 Å². The van der Waals surface area contributed by atoms with E-state index in [0.29, 0.717) is 6.04 Å². The van der Waals surface area contributed by atoms with Crippen LogP contribution in [0.4, 0.5) is 5.69 Å². The van der Waals surface area contributed by atoms with Crippen LogP contribution >= 0.6 is 35.7 Å². The van der Waals surface area contributed by atoms with Crippen LogP contribution in [0.15, 0.2) is 29.3 Å². The lowest BCUT2D eigenvalue weighted by Gasteiger charge is -2.35. The molecule has 30 heavy (non-hydrogen) atoms. The minimum absolute atomic E-state index is 0. The molecule has 1 unspecified atom stereocenters. The van der Waals surface area contributed by atoms with Gasteiger partial charge in [0.05, 0.1) is 19.3 Å². The van der Waals surface area contributed by atoms with Gasteiger partial charge in [0.15, 0.2) is 5.96 Å². The Hall–Kier alpha value is -0.870. The number of benzene rings is 1. The molecule has 6 nitrogen and oxygen atoms in total. The molecule has 2 aliphatic rings. The van der Waals surface area contributed by atoms with Crippen molar-refractivity contribution in [2.75, 3.05) is 57.2 Å². The third-order valence-corrected chi connectivity index (χ3v) is 7.12. The van der Waals surface area contributed by atoms with Crippen LogP contribution in [0.3, 0.4) is 0 Å². The van der Waals surface area contributed by atoms with Gasteiger partial charge in [0.25, 0.3) is 0 Å². The number of guanidine groups is 1. The lowest BCUT2D eigenvalue weighted by molar-refractivity contribution is 0.0793. The molecule has 2 fully saturated rings. The molecule has 2 N–H and O–H groups in total. The average Bonchev–Trinajstić information content (AvgIpc) is 3.21. The Kier molecular flexibility index (Phi) is 10.9. The molecule has 1 atom stereocenters. The molecule has 2 saturated heterocycles. The monoisotopic (exact) mass is 548 g/mol. The molecule has 0 radical (unpaired) electrons. The van der Waals surface area contributed by atoms with Crippen LogP contribution in [-0.2, 0) is 4.74 Å². The van der Waals surface area contributed by atoms with E-state index in [1.54, 1.807) is 7.11 Å². The topological polar surface area (TPSA) is 58.1 Å². The van der Waals surface area contributed by atoms with Gasteiger partial charge in [0, 0.05) is 43.6 Å². The van der Waals surface area contributed by atoms with Gasteiger partial charge in [-0.3, -0.25) is 4.99 Å². The maximum Gasteiger partial charge on any atom is 0.191 e. The van der Waals surface area contributed by atoms with Crippen LogP contribution < -0.4 is 20.3 Å². The number of nitrogens with zero attached hydrogens (tertiary/aromatic N) is 2. The predicted octanol–water partition coefficient (Wildman–Crippen LogP) is 3.75. The van der Waals surface area contributed by atoms with Gasteiger partial charge in [0.2, 0.25) is 0 Å². The zero-order chi connectivity index (χ0) is 20.5. The number of methoxy groups -OCH3 is 1. The van der Waals surface area contributed by atoms with Crippen LogP contribution in [-0.4, -0.2) is 69.0 Å². The molecule has 170 valence electrons. The van der Waals surface area contributed by atoms with Crippen molar-refractivity contribution in [2.24, 2.45) is 4.99 Å². The molecule has 1 aromatic carbocycles. The lowest BCUT2D eigenvalue weighted by Crippen LogP contribution is -2.46. The third-order valence-electron chi connectivity index (χ3n) is 5.68. The van der Waals surface area contributed by atoms with Gasteiger partial charge < -0.3 is 25.0 Å². The Labute approximate surface area is 203 Å². The summed E-state index contributed by atoms with van der Waals surface area (Å²) in [5.41, 5.74) is 1.17. The van der Waals surface area contributed by atoms with Crippen LogP contribution in [0.25, 0.3) is 0 Å². The van der Waals surface area contributed by atoms with E-state index in [4.69, 9.17) is 14.5 Å². The summed E-state index contributed by atoms with van der Waals surface area (Å²) < 4.78 is 11.4. The maximum absolute atomic E-state index is 5.60. The summed E-state index contributed by atoms with van der Waals surface area (Å²) in [6.45, 7) is 9.74. The van der Waals surface area contributed by atoms with Gasteiger partial charge in [-0.15, -0.1) is 24.0 Å². The van der Waals surface area contributed by atoms with Crippen LogP contribution in [0.1, 0.15) is 33.1 Å². The van der Waals surface area contributed by atoms with Crippen molar-refractivity contribution < 1.29 is 9.47 Å². The smallest absolute Gasteiger partial charge is 0.191 e. The Morgan fingerprint density at radius 2 is 2.07 bits per heavy atom. The second kappa shape index (κ2) is 12.9. The fraction of sp³-hybridized carbons (Fsp3) is 0.682. The highest BCUT2D eigenvalue weighted by molar-refractivity contribution is 14.0. The highest BCUT2D eigenvalue weighted by Crippen LogP contribution is 2.35. The predicted molar refractivity (Wildman–Crippen MR) is 139 cm³/mol. The molecule has 8 heteroatoms. The maximum atomic E-state index is 5.60. The van der Waals surface area contributed by atoms with Crippen molar-refractivity contribution in [1.29, 1.82) is 0 Å². The Morgan fingerprint density at radius 1 is 1.30 bits per heavy atom. The Morgan fingerprint density at radius 3 is 2.77 bits per heavy atom. The number of rotatable bonds is 8. The third kappa shape index (κ3) is 6.82. The summed E-state index contributed by atoms with van der Waals surface area (Å²) in [6.07, 6.45) is 3.25. The zero-order valence-electron chi connectivity index (χ0n) is 18.5. The van der Waals surface area contributed by atoms with Gasteiger partial charge >= 0.3 is 0 Å². The molecular weight excluding hydrogens is 511 g/mol. The first-order chi connectivity index (χ1) is 14.2. The minimum atomic E-state index is 0. The van der Waals surface area contributed by atoms with Crippen LogP contribution in [0.5, 0.6) is 5.75 Å². The van der Waals surface area contributed by atoms with Gasteiger partial charge in [-0.25, -0.2) is 0 Å². The number of thioether (sulfide) groups is 1. The first kappa shape index (κ1) is 25.4. The van der Waals surface area contributed by atoms with E-state index in [2.05, 4.69) is 41.5 Å². The lowest BCUT2D eigenvalue weighted by atomic mass is 9.99. The molecule has 0 saturated carbocycles. The zero-order valence-corrected chi connectivity index (χ0v) is 21.6. The average molecular weight is 549 g/mol. The Bertz CT molecular complexity index is 665. The highest BCUT2D eigenvalue weighted by atomic mass is 127. The van der Waals surface area contributed by atoms with Crippen LogP contribution in [0, 0.1) is 0 Å². The van der Waals surface area contributed by atoms with Crippen molar-refractivity contribution >= 4 is 47.4 Å². The molecule has 0 spiro atoms. The quantitative estimate of drug-likeness (QED) is 0.293. The number of hydrogen-bond acceptors (Lipinski definition) is 5. The molecule has 2 heterocycles. The number of para-hydroxylation sites is 2. The van der Waals surface area contributed by atoms with E-state index in [0.717, 1.165) is 76.1 Å². The first-order valence-electron chi connectivity index (χ1n) is 10.8. The summed E-state index contributed by atoms with van der Waals surface area (Å²) in [5.74, 6) is 2.99. The number of aliphatic imine (C=N–C) groups is 1. The van der Waals surface area contributed by atoms with Gasteiger partial charge in [-0.2, -0.15) is 11.8 Å². The van der Waals surface area contributed by atoms with Crippen molar-refractivity contribution in [3.63, 3.8) is 0 Å². The van der Waals surface area contributed by atoms with E-state index in [1.165, 1.54) is 5.69 Å². The molecule has 3 rings (SSSR count). The normalized spacial score (nSPS) is 21.1. The molecular formula is C22H37IN4O2S. The second-order valence-electron chi connectivity index (χ2n) is 7.67. The van der Waals surface area contributed by atoms with Gasteiger partial charge in [0.1, 0.15) is 5.75 Å². The van der Waals surface area contributed by atoms with Crippen molar-refractivity contribution in [3.05, 3.63) is 24.3 Å². The number of anilines is 1. The number of nitrogens with one attached hydrogen (secondary N) is 2. The van der Waals surface area contributed by atoms with Gasteiger partial charge in [-0.1, -0.05) is 19.1 Å². The number of halogens is 1. The van der Waals surface area contributed by atoms with E-state index in [-0.39, 0.29) is 28.7 Å². The van der Waals surface area contributed by atoms with Crippen molar-refractivity contribution in [1.82, 2.24) is 10.6 Å². The summed E-state index contributed by atoms with van der Waals surface area (Å²) in [4.78, 5) is 7.39. The SMILES string of the molecule is CCNC(=NCC1(SCC)CCOCC1)NC1CCN(c2ccccc2OC)C1.I. The summed E-state index contributed by atoms with van der Waals surface area (Å²) in [7, 11) is 1.74. The second-order valence-corrected chi connectivity index (χ2v) is 9.40. The van der Waals surface area contributed by atoms with E-state index in [9.17, 15) is 0 Å². The van der Waals surface area contributed by atoms with E-state index < -0.39 is 0 Å². The van der Waals surface area contributed by atoms with E-state index >= 15 is 0 Å². The molecule has 0 bridgehead atoms. The molecule has 0 aliphatic carbocycles. The fourth-order valence-corrected chi connectivity index (χ4v) is 5.35.